The summed E-state index contributed by atoms with van der Waals surface area (Å²) in [6, 6.07) is 10.4. The predicted molar refractivity (Wildman–Crippen MR) is 60.1 cm³/mol. The van der Waals surface area contributed by atoms with E-state index in [0.717, 1.165) is 0 Å². The molecule has 0 aliphatic carbocycles. The van der Waals surface area contributed by atoms with Crippen molar-refractivity contribution >= 4 is 17.4 Å². The first-order valence-electron chi connectivity index (χ1n) is 4.64. The average molecular weight is 207 g/mol. The molecule has 2 rings (SSSR count). The van der Waals surface area contributed by atoms with Crippen LogP contribution >= 0.6 is 12.2 Å². The summed E-state index contributed by atoms with van der Waals surface area (Å²) < 4.78 is 5.54. The molecule has 2 nitrogen and oxygen atoms in total. The predicted octanol–water partition coefficient (Wildman–Crippen LogP) is 2.41. The third kappa shape index (κ3) is 1.60. The highest BCUT2D eigenvalue weighted by Gasteiger charge is 2.40. The van der Waals surface area contributed by atoms with Gasteiger partial charge >= 0.3 is 0 Å². The summed E-state index contributed by atoms with van der Waals surface area (Å²) in [7, 11) is 0. The molecule has 1 aliphatic heterocycles. The molecule has 1 atom stereocenters. The molecule has 1 aromatic rings. The van der Waals surface area contributed by atoms with Gasteiger partial charge in [0, 0.05) is 0 Å². The summed E-state index contributed by atoms with van der Waals surface area (Å²) in [5, 5.41) is 3.66. The number of benzene rings is 1. The van der Waals surface area contributed by atoms with Crippen LogP contribution in [0.5, 0.6) is 0 Å². The summed E-state index contributed by atoms with van der Waals surface area (Å²) >= 11 is 5.01. The number of hydrogen-bond acceptors (Lipinski definition) is 2. The molecule has 1 N–H and O–H groups in total. The van der Waals surface area contributed by atoms with E-state index in [1.807, 2.05) is 32.0 Å². The lowest BCUT2D eigenvalue weighted by atomic mass is 9.93. The van der Waals surface area contributed by atoms with Gasteiger partial charge in [0.2, 0.25) is 0 Å². The highest BCUT2D eigenvalue weighted by Crippen LogP contribution is 2.33. The second kappa shape index (κ2) is 3.24. The Bertz CT molecular complexity index is 348. The van der Waals surface area contributed by atoms with Crippen LogP contribution in [-0.2, 0) is 4.74 Å². The van der Waals surface area contributed by atoms with Gasteiger partial charge in [0.15, 0.2) is 0 Å². The van der Waals surface area contributed by atoms with Crippen LogP contribution in [0.4, 0.5) is 0 Å². The van der Waals surface area contributed by atoms with E-state index >= 15 is 0 Å². The summed E-state index contributed by atoms with van der Waals surface area (Å²) in [6.45, 7) is 4.08. The highest BCUT2D eigenvalue weighted by molar-refractivity contribution is 7.80. The van der Waals surface area contributed by atoms with Gasteiger partial charge in [-0.15, -0.1) is 0 Å². The topological polar surface area (TPSA) is 21.3 Å². The number of rotatable bonds is 1. The van der Waals surface area contributed by atoms with Crippen LogP contribution in [0, 0.1) is 0 Å². The van der Waals surface area contributed by atoms with Gasteiger partial charge in [-0.3, -0.25) is 0 Å². The molecule has 1 saturated heterocycles. The second-order valence-corrected chi connectivity index (χ2v) is 4.35. The van der Waals surface area contributed by atoms with Crippen molar-refractivity contribution in [2.45, 2.75) is 25.5 Å². The Balaban J connectivity index is 2.32. The zero-order valence-electron chi connectivity index (χ0n) is 8.28. The maximum Gasteiger partial charge on any atom is 0.257 e. The van der Waals surface area contributed by atoms with E-state index < -0.39 is 0 Å². The van der Waals surface area contributed by atoms with Crippen molar-refractivity contribution in [3.05, 3.63) is 35.9 Å². The van der Waals surface area contributed by atoms with Gasteiger partial charge in [-0.05, 0) is 31.6 Å². The standard InChI is InChI=1S/C11H13NOS/c1-11(2)9(12-10(14)13-11)8-6-4-3-5-7-8/h3-7,9H,1-2H3,(H,12,14). The Kier molecular flexibility index (Phi) is 2.19. The number of thiocarbonyl (C=S) groups is 1. The Morgan fingerprint density at radius 1 is 1.29 bits per heavy atom. The molecule has 14 heavy (non-hydrogen) atoms. The Hall–Kier alpha value is -1.09. The van der Waals surface area contributed by atoms with Gasteiger partial charge in [0.25, 0.3) is 5.17 Å². The molecule has 1 heterocycles. The van der Waals surface area contributed by atoms with Gasteiger partial charge < -0.3 is 10.1 Å². The molecule has 0 spiro atoms. The van der Waals surface area contributed by atoms with Crippen molar-refractivity contribution in [3.63, 3.8) is 0 Å². The summed E-state index contributed by atoms with van der Waals surface area (Å²) in [4.78, 5) is 0. The molecule has 1 aliphatic rings. The molecule has 0 amide bonds. The van der Waals surface area contributed by atoms with Crippen molar-refractivity contribution in [2.75, 3.05) is 0 Å². The van der Waals surface area contributed by atoms with E-state index in [9.17, 15) is 0 Å². The monoisotopic (exact) mass is 207 g/mol. The fourth-order valence-electron chi connectivity index (χ4n) is 1.75. The zero-order chi connectivity index (χ0) is 10.2. The minimum Gasteiger partial charge on any atom is -0.462 e. The van der Waals surface area contributed by atoms with E-state index in [4.69, 9.17) is 17.0 Å². The van der Waals surface area contributed by atoms with Crippen LogP contribution in [-0.4, -0.2) is 10.8 Å². The summed E-state index contributed by atoms with van der Waals surface area (Å²) in [6.07, 6.45) is 0. The smallest absolute Gasteiger partial charge is 0.257 e. The molecule has 3 heteroatoms. The van der Waals surface area contributed by atoms with Gasteiger partial charge in [-0.2, -0.15) is 0 Å². The fourth-order valence-corrected chi connectivity index (χ4v) is 2.08. The first-order valence-corrected chi connectivity index (χ1v) is 5.05. The first kappa shape index (κ1) is 9.46. The minimum atomic E-state index is -0.265. The molecular formula is C11H13NOS. The molecule has 0 saturated carbocycles. The second-order valence-electron chi connectivity index (χ2n) is 3.98. The van der Waals surface area contributed by atoms with Gasteiger partial charge in [0.1, 0.15) is 5.60 Å². The van der Waals surface area contributed by atoms with Gasteiger partial charge in [-0.1, -0.05) is 30.3 Å². The van der Waals surface area contributed by atoms with Crippen LogP contribution in [0.3, 0.4) is 0 Å². The van der Waals surface area contributed by atoms with E-state index in [0.29, 0.717) is 5.17 Å². The van der Waals surface area contributed by atoms with Crippen molar-refractivity contribution in [2.24, 2.45) is 0 Å². The van der Waals surface area contributed by atoms with Crippen molar-refractivity contribution < 1.29 is 4.74 Å². The van der Waals surface area contributed by atoms with Crippen molar-refractivity contribution in [3.8, 4) is 0 Å². The normalized spacial score (nSPS) is 24.1. The molecule has 74 valence electrons. The van der Waals surface area contributed by atoms with E-state index in [1.54, 1.807) is 0 Å². The molecule has 0 radical (unpaired) electrons. The lowest BCUT2D eigenvalue weighted by molar-refractivity contribution is 0.107. The Morgan fingerprint density at radius 2 is 1.93 bits per heavy atom. The maximum absolute atomic E-state index is 5.54. The molecule has 0 aromatic heterocycles. The largest absolute Gasteiger partial charge is 0.462 e. The van der Waals surface area contributed by atoms with E-state index in [1.165, 1.54) is 5.56 Å². The van der Waals surface area contributed by atoms with Crippen LogP contribution in [0.2, 0.25) is 0 Å². The summed E-state index contributed by atoms with van der Waals surface area (Å²) in [5.41, 5.74) is 0.940. The van der Waals surface area contributed by atoms with Gasteiger partial charge in [0.05, 0.1) is 6.04 Å². The van der Waals surface area contributed by atoms with Crippen molar-refractivity contribution in [1.29, 1.82) is 0 Å². The molecule has 1 fully saturated rings. The zero-order valence-corrected chi connectivity index (χ0v) is 9.10. The lowest BCUT2D eigenvalue weighted by Gasteiger charge is -2.24. The fraction of sp³-hybridized carbons (Fsp3) is 0.364. The third-order valence-electron chi connectivity index (χ3n) is 2.45. The number of ether oxygens (including phenoxy) is 1. The first-order chi connectivity index (χ1) is 6.59. The highest BCUT2D eigenvalue weighted by atomic mass is 32.1. The molecule has 0 bridgehead atoms. The van der Waals surface area contributed by atoms with Gasteiger partial charge in [-0.25, -0.2) is 0 Å². The number of nitrogens with one attached hydrogen (secondary N) is 1. The SMILES string of the molecule is CC1(C)OC(=S)NC1c1ccccc1. The average Bonchev–Trinajstić information content (AvgIpc) is 2.41. The van der Waals surface area contributed by atoms with Crippen LogP contribution in [0.25, 0.3) is 0 Å². The van der Waals surface area contributed by atoms with E-state index in [-0.39, 0.29) is 11.6 Å². The summed E-state index contributed by atoms with van der Waals surface area (Å²) in [5.74, 6) is 0. The van der Waals surface area contributed by atoms with Crippen molar-refractivity contribution in [1.82, 2.24) is 5.32 Å². The molecule has 1 aromatic carbocycles. The minimum absolute atomic E-state index is 0.149. The van der Waals surface area contributed by atoms with Crippen LogP contribution in [0.1, 0.15) is 25.5 Å². The Labute approximate surface area is 89.3 Å². The maximum atomic E-state index is 5.54. The third-order valence-corrected chi connectivity index (χ3v) is 2.65. The number of hydrogen-bond donors (Lipinski definition) is 1. The Morgan fingerprint density at radius 3 is 2.43 bits per heavy atom. The molecular weight excluding hydrogens is 194 g/mol. The van der Waals surface area contributed by atoms with Crippen LogP contribution in [0.15, 0.2) is 30.3 Å². The quantitative estimate of drug-likeness (QED) is 0.715. The lowest BCUT2D eigenvalue weighted by Crippen LogP contribution is -2.29. The van der Waals surface area contributed by atoms with Crippen LogP contribution < -0.4 is 5.32 Å². The van der Waals surface area contributed by atoms with E-state index in [2.05, 4.69) is 17.4 Å². The molecule has 1 unspecified atom stereocenters.